The molecule has 5 atom stereocenters. The van der Waals surface area contributed by atoms with Crippen molar-refractivity contribution in [3.63, 3.8) is 0 Å². The molecule has 2 unspecified atom stereocenters. The van der Waals surface area contributed by atoms with Crippen molar-refractivity contribution in [2.45, 2.75) is 68.9 Å². The Morgan fingerprint density at radius 3 is 2.76 bits per heavy atom. The minimum Gasteiger partial charge on any atom is -0.396 e. The number of anilines is 1. The number of hydrogen-bond donors (Lipinski definition) is 3. The van der Waals surface area contributed by atoms with E-state index >= 15 is 0 Å². The van der Waals surface area contributed by atoms with Gasteiger partial charge in [0.2, 0.25) is 17.7 Å². The molecular formula is C25H35N3O4S. The molecule has 3 heterocycles. The molecule has 33 heavy (non-hydrogen) atoms. The van der Waals surface area contributed by atoms with Gasteiger partial charge in [-0.1, -0.05) is 19.1 Å². The maximum atomic E-state index is 13.8. The first kappa shape index (κ1) is 24.1. The number of carbonyl (C=O) groups excluding carboxylic acids is 3. The minimum absolute atomic E-state index is 0.0504. The largest absolute Gasteiger partial charge is 0.396 e. The van der Waals surface area contributed by atoms with Crippen LogP contribution in [0.3, 0.4) is 0 Å². The van der Waals surface area contributed by atoms with Crippen molar-refractivity contribution < 1.29 is 19.5 Å². The highest BCUT2D eigenvalue weighted by molar-refractivity contribution is 8.02. The van der Waals surface area contributed by atoms with Gasteiger partial charge >= 0.3 is 0 Å². The van der Waals surface area contributed by atoms with Crippen LogP contribution >= 0.6 is 11.8 Å². The van der Waals surface area contributed by atoms with Gasteiger partial charge in [0.05, 0.1) is 16.6 Å². The Labute approximate surface area is 200 Å². The van der Waals surface area contributed by atoms with Gasteiger partial charge < -0.3 is 20.6 Å². The molecule has 0 aromatic heterocycles. The molecule has 0 aliphatic carbocycles. The highest BCUT2D eigenvalue weighted by Gasteiger charge is 2.73. The first-order chi connectivity index (χ1) is 15.8. The SMILES string of the molecule is CCCNC(=O)[C@@H]1[C@@H]2CCC3(S2)C(C(=O)Nc2cc(C)ccc2C)N(CCCCO)C(=O)[C@H]13. The van der Waals surface area contributed by atoms with Crippen molar-refractivity contribution in [3.05, 3.63) is 29.3 Å². The molecule has 1 spiro atoms. The van der Waals surface area contributed by atoms with Crippen LogP contribution in [0.2, 0.25) is 0 Å². The Bertz CT molecular complexity index is 938. The van der Waals surface area contributed by atoms with Crippen LogP contribution < -0.4 is 10.6 Å². The molecule has 0 radical (unpaired) electrons. The maximum absolute atomic E-state index is 13.8. The molecule has 1 aromatic rings. The van der Waals surface area contributed by atoms with Gasteiger partial charge in [-0.2, -0.15) is 0 Å². The predicted octanol–water partition coefficient (Wildman–Crippen LogP) is 2.63. The number of nitrogens with one attached hydrogen (secondary N) is 2. The number of aryl methyl sites for hydroxylation is 2. The van der Waals surface area contributed by atoms with E-state index in [4.69, 9.17) is 0 Å². The molecule has 8 heteroatoms. The van der Waals surface area contributed by atoms with Crippen molar-refractivity contribution in [3.8, 4) is 0 Å². The quantitative estimate of drug-likeness (QED) is 0.479. The topological polar surface area (TPSA) is 98.7 Å². The number of thioether (sulfide) groups is 1. The van der Waals surface area contributed by atoms with E-state index in [1.165, 1.54) is 0 Å². The van der Waals surface area contributed by atoms with Crippen LogP contribution in [0.5, 0.6) is 0 Å². The van der Waals surface area contributed by atoms with E-state index in [0.717, 1.165) is 36.1 Å². The van der Waals surface area contributed by atoms with Crippen LogP contribution in [-0.2, 0) is 14.4 Å². The normalized spacial score (nSPS) is 29.9. The second-order valence-electron chi connectivity index (χ2n) is 9.62. The average Bonchev–Trinajstić information content (AvgIpc) is 3.42. The highest BCUT2D eigenvalue weighted by Crippen LogP contribution is 2.66. The molecular weight excluding hydrogens is 438 g/mol. The zero-order valence-corrected chi connectivity index (χ0v) is 20.5. The van der Waals surface area contributed by atoms with Crippen molar-refractivity contribution in [1.29, 1.82) is 0 Å². The number of fused-ring (bicyclic) bond motifs is 1. The average molecular weight is 474 g/mol. The van der Waals surface area contributed by atoms with Crippen molar-refractivity contribution in [1.82, 2.24) is 10.2 Å². The lowest BCUT2D eigenvalue weighted by Gasteiger charge is -2.34. The molecule has 3 saturated heterocycles. The number of benzene rings is 1. The van der Waals surface area contributed by atoms with E-state index in [2.05, 4.69) is 10.6 Å². The lowest BCUT2D eigenvalue weighted by Crippen LogP contribution is -2.52. The second kappa shape index (κ2) is 9.66. The summed E-state index contributed by atoms with van der Waals surface area (Å²) in [5.74, 6) is -1.17. The van der Waals surface area contributed by atoms with Gasteiger partial charge in [0.25, 0.3) is 0 Å². The van der Waals surface area contributed by atoms with Crippen LogP contribution in [-0.4, -0.2) is 63.5 Å². The number of likely N-dealkylation sites (tertiary alicyclic amines) is 1. The molecule has 3 N–H and O–H groups in total. The lowest BCUT2D eigenvalue weighted by atomic mass is 9.70. The van der Waals surface area contributed by atoms with E-state index in [9.17, 15) is 19.5 Å². The fourth-order valence-electron chi connectivity index (χ4n) is 5.83. The third-order valence-electron chi connectivity index (χ3n) is 7.36. The van der Waals surface area contributed by atoms with Crippen molar-refractivity contribution in [2.75, 3.05) is 25.0 Å². The molecule has 2 bridgehead atoms. The molecule has 180 valence electrons. The van der Waals surface area contributed by atoms with E-state index in [1.807, 2.05) is 39.0 Å². The summed E-state index contributed by atoms with van der Waals surface area (Å²) < 4.78 is -0.572. The van der Waals surface area contributed by atoms with Crippen molar-refractivity contribution in [2.24, 2.45) is 11.8 Å². The fourth-order valence-corrected chi connectivity index (χ4v) is 8.05. The first-order valence-corrected chi connectivity index (χ1v) is 13.0. The summed E-state index contributed by atoms with van der Waals surface area (Å²) in [4.78, 5) is 42.3. The van der Waals surface area contributed by atoms with Gasteiger partial charge in [0, 0.05) is 30.6 Å². The van der Waals surface area contributed by atoms with Gasteiger partial charge in [0.15, 0.2) is 0 Å². The zero-order valence-electron chi connectivity index (χ0n) is 19.7. The Morgan fingerprint density at radius 1 is 1.24 bits per heavy atom. The van der Waals surface area contributed by atoms with E-state index in [1.54, 1.807) is 16.7 Å². The summed E-state index contributed by atoms with van der Waals surface area (Å²) in [6.07, 6.45) is 3.64. The number of nitrogens with zero attached hydrogens (tertiary/aromatic N) is 1. The molecule has 3 amide bonds. The number of aliphatic hydroxyl groups is 1. The van der Waals surface area contributed by atoms with Gasteiger partial charge in [-0.25, -0.2) is 0 Å². The summed E-state index contributed by atoms with van der Waals surface area (Å²) >= 11 is 1.69. The number of carbonyl (C=O) groups is 3. The van der Waals surface area contributed by atoms with E-state index in [0.29, 0.717) is 25.9 Å². The summed E-state index contributed by atoms with van der Waals surface area (Å²) in [5, 5.41) is 15.4. The van der Waals surface area contributed by atoms with Crippen LogP contribution in [0.4, 0.5) is 5.69 Å². The smallest absolute Gasteiger partial charge is 0.248 e. The van der Waals surface area contributed by atoms with E-state index in [-0.39, 0.29) is 35.5 Å². The van der Waals surface area contributed by atoms with Gasteiger partial charge in [-0.3, -0.25) is 14.4 Å². The van der Waals surface area contributed by atoms with E-state index < -0.39 is 16.7 Å². The number of rotatable bonds is 9. The minimum atomic E-state index is -0.618. The van der Waals surface area contributed by atoms with Crippen molar-refractivity contribution >= 4 is 35.2 Å². The van der Waals surface area contributed by atoms with Gasteiger partial charge in [0.1, 0.15) is 6.04 Å². The zero-order chi connectivity index (χ0) is 23.8. The molecule has 1 aromatic carbocycles. The lowest BCUT2D eigenvalue weighted by molar-refractivity contribution is -0.139. The Kier molecular flexibility index (Phi) is 7.05. The number of amides is 3. The molecule has 3 aliphatic heterocycles. The van der Waals surface area contributed by atoms with Crippen LogP contribution in [0.1, 0.15) is 50.2 Å². The van der Waals surface area contributed by atoms with Crippen LogP contribution in [0, 0.1) is 25.7 Å². The van der Waals surface area contributed by atoms with Crippen LogP contribution in [0.15, 0.2) is 18.2 Å². The highest BCUT2D eigenvalue weighted by atomic mass is 32.2. The predicted molar refractivity (Wildman–Crippen MR) is 130 cm³/mol. The fraction of sp³-hybridized carbons (Fsp3) is 0.640. The number of aliphatic hydroxyl groups excluding tert-OH is 1. The molecule has 3 fully saturated rings. The molecule has 0 saturated carbocycles. The van der Waals surface area contributed by atoms with Crippen LogP contribution in [0.25, 0.3) is 0 Å². The third-order valence-corrected chi connectivity index (χ3v) is 9.31. The molecule has 3 aliphatic rings. The Balaban J connectivity index is 1.66. The summed E-state index contributed by atoms with van der Waals surface area (Å²) in [7, 11) is 0. The Morgan fingerprint density at radius 2 is 2.03 bits per heavy atom. The summed E-state index contributed by atoms with van der Waals surface area (Å²) in [6, 6.07) is 5.32. The monoisotopic (exact) mass is 473 g/mol. The maximum Gasteiger partial charge on any atom is 0.248 e. The Hall–Kier alpha value is -2.06. The van der Waals surface area contributed by atoms with Gasteiger partial charge in [-0.15, -0.1) is 11.8 Å². The van der Waals surface area contributed by atoms with Gasteiger partial charge in [-0.05, 0) is 63.1 Å². The second-order valence-corrected chi connectivity index (χ2v) is 11.2. The third kappa shape index (κ3) is 4.16. The first-order valence-electron chi connectivity index (χ1n) is 12.1. The molecule has 4 rings (SSSR count). The summed E-state index contributed by atoms with van der Waals surface area (Å²) in [5.41, 5.74) is 2.79. The number of hydrogen-bond acceptors (Lipinski definition) is 5. The number of unbranched alkanes of at least 4 members (excludes halogenated alkanes) is 1. The molecule has 7 nitrogen and oxygen atoms in total. The summed E-state index contributed by atoms with van der Waals surface area (Å²) in [6.45, 7) is 7.01. The standard InChI is InChI=1S/C25H35N3O4S/c1-4-11-26-22(30)19-18-9-10-25(33-18)20(19)24(32)28(12-5-6-13-29)21(25)23(31)27-17-14-15(2)7-8-16(17)3/h7-8,14,18-21,29H,4-6,9-13H2,1-3H3,(H,26,30)(H,27,31)/t18-,19+,20-,21?,25?/m0/s1.